The molecule has 0 unspecified atom stereocenters. The molecule has 1 fully saturated rings. The number of nitrogens with zero attached hydrogens (tertiary/aromatic N) is 2. The average Bonchev–Trinajstić information content (AvgIpc) is 3.22. The minimum absolute atomic E-state index is 0.0705. The van der Waals surface area contributed by atoms with Gasteiger partial charge in [-0.15, -0.1) is 0 Å². The maximum Gasteiger partial charge on any atom is 0.242 e. The van der Waals surface area contributed by atoms with Gasteiger partial charge in [0.15, 0.2) is 0 Å². The van der Waals surface area contributed by atoms with E-state index in [0.29, 0.717) is 42.7 Å². The van der Waals surface area contributed by atoms with E-state index in [9.17, 15) is 13.5 Å². The second-order valence-corrected chi connectivity index (χ2v) is 9.15. The molecule has 7 nitrogen and oxygen atoms in total. The summed E-state index contributed by atoms with van der Waals surface area (Å²) in [5.41, 5.74) is 0.245. The van der Waals surface area contributed by atoms with Crippen LogP contribution in [0.5, 0.6) is 0 Å². The lowest BCUT2D eigenvalue weighted by Gasteiger charge is -2.39. The first-order chi connectivity index (χ1) is 13.5. The topological polar surface area (TPSA) is 101 Å². The van der Waals surface area contributed by atoms with Crippen molar-refractivity contribution in [3.8, 4) is 0 Å². The van der Waals surface area contributed by atoms with Crippen molar-refractivity contribution in [2.45, 2.75) is 23.3 Å². The fourth-order valence-electron chi connectivity index (χ4n) is 3.67. The lowest BCUT2D eigenvalue weighted by molar-refractivity contribution is -0.0663. The molecule has 2 aromatic carbocycles. The summed E-state index contributed by atoms with van der Waals surface area (Å²) in [6, 6.07) is 14.1. The van der Waals surface area contributed by atoms with Crippen LogP contribution in [0.4, 0.5) is 0 Å². The predicted octanol–water partition coefficient (Wildman–Crippen LogP) is 2.28. The Morgan fingerprint density at radius 1 is 1.11 bits per heavy atom. The Hall–Kier alpha value is -1.91. The third-order valence-electron chi connectivity index (χ3n) is 5.24. The van der Waals surface area contributed by atoms with E-state index >= 15 is 0 Å². The molecule has 28 heavy (non-hydrogen) atoms. The number of sulfonamides is 1. The highest BCUT2D eigenvalue weighted by atomic mass is 32.2. The van der Waals surface area contributed by atoms with E-state index in [0.717, 1.165) is 11.7 Å². The maximum atomic E-state index is 13.0. The molecule has 4 rings (SSSR count). The first-order valence-corrected chi connectivity index (χ1v) is 11.3. The molecule has 2 N–H and O–H groups in total. The molecular formula is C19H21N3O4S2. The standard InChI is InChI=1S/C19H21N3O4S2/c23-19(14-5-2-1-3-6-14,15-9-11-26-12-10-15)13-20-28(24,25)17-8-4-7-16-18(17)22-27-21-16/h1-8,15,20,23H,9-13H2/t19-/m1/s1. The largest absolute Gasteiger partial charge is 0.383 e. The van der Waals surface area contributed by atoms with E-state index in [-0.39, 0.29) is 17.4 Å². The van der Waals surface area contributed by atoms with E-state index in [1.807, 2.05) is 30.3 Å². The van der Waals surface area contributed by atoms with Gasteiger partial charge in [0, 0.05) is 19.8 Å². The zero-order valence-electron chi connectivity index (χ0n) is 15.1. The molecule has 9 heteroatoms. The summed E-state index contributed by atoms with van der Waals surface area (Å²) in [5, 5.41) is 11.6. The Bertz CT molecular complexity index is 1050. The van der Waals surface area contributed by atoms with Gasteiger partial charge in [-0.25, -0.2) is 13.1 Å². The summed E-state index contributed by atoms with van der Waals surface area (Å²) in [6.45, 7) is 0.977. The van der Waals surface area contributed by atoms with E-state index in [2.05, 4.69) is 13.5 Å². The van der Waals surface area contributed by atoms with Crippen LogP contribution in [0.25, 0.3) is 11.0 Å². The molecule has 148 valence electrons. The Morgan fingerprint density at radius 3 is 2.61 bits per heavy atom. The Labute approximate surface area is 167 Å². The molecule has 0 radical (unpaired) electrons. The number of aliphatic hydroxyl groups is 1. The lowest BCUT2D eigenvalue weighted by Crippen LogP contribution is -2.47. The van der Waals surface area contributed by atoms with Crippen LogP contribution in [0.1, 0.15) is 18.4 Å². The van der Waals surface area contributed by atoms with Gasteiger partial charge in [-0.05, 0) is 36.5 Å². The molecule has 0 spiro atoms. The summed E-state index contributed by atoms with van der Waals surface area (Å²) < 4.78 is 42.2. The highest BCUT2D eigenvalue weighted by Crippen LogP contribution is 2.36. The van der Waals surface area contributed by atoms with Crippen LogP contribution >= 0.6 is 11.7 Å². The number of ether oxygens (including phenoxy) is 1. The summed E-state index contributed by atoms with van der Waals surface area (Å²) >= 11 is 0.971. The van der Waals surface area contributed by atoms with Crippen molar-refractivity contribution >= 4 is 32.8 Å². The molecule has 0 bridgehead atoms. The van der Waals surface area contributed by atoms with Gasteiger partial charge < -0.3 is 9.84 Å². The maximum absolute atomic E-state index is 13.0. The zero-order valence-corrected chi connectivity index (χ0v) is 16.7. The van der Waals surface area contributed by atoms with Crippen molar-refractivity contribution in [3.63, 3.8) is 0 Å². The third-order valence-corrected chi connectivity index (χ3v) is 7.22. The second-order valence-electron chi connectivity index (χ2n) is 6.89. The monoisotopic (exact) mass is 419 g/mol. The lowest BCUT2D eigenvalue weighted by atomic mass is 9.77. The molecule has 2 heterocycles. The van der Waals surface area contributed by atoms with Gasteiger partial charge >= 0.3 is 0 Å². The highest BCUT2D eigenvalue weighted by molar-refractivity contribution is 7.89. The minimum Gasteiger partial charge on any atom is -0.383 e. The number of fused-ring (bicyclic) bond motifs is 1. The Morgan fingerprint density at radius 2 is 1.86 bits per heavy atom. The zero-order chi connectivity index (χ0) is 19.6. The van der Waals surface area contributed by atoms with Crippen LogP contribution in [0, 0.1) is 5.92 Å². The number of hydrogen-bond donors (Lipinski definition) is 2. The van der Waals surface area contributed by atoms with Crippen LogP contribution in [0.3, 0.4) is 0 Å². The fourth-order valence-corrected chi connectivity index (χ4v) is 5.50. The van der Waals surface area contributed by atoms with Crippen molar-refractivity contribution in [1.82, 2.24) is 13.5 Å². The number of aromatic nitrogens is 2. The number of hydrogen-bond acceptors (Lipinski definition) is 7. The molecule has 3 aromatic rings. The minimum atomic E-state index is -3.87. The van der Waals surface area contributed by atoms with Gasteiger partial charge in [-0.3, -0.25) is 0 Å². The third kappa shape index (κ3) is 3.68. The van der Waals surface area contributed by atoms with Crippen molar-refractivity contribution in [1.29, 1.82) is 0 Å². The molecule has 1 atom stereocenters. The van der Waals surface area contributed by atoms with E-state index in [4.69, 9.17) is 4.74 Å². The van der Waals surface area contributed by atoms with Gasteiger partial charge in [0.1, 0.15) is 21.5 Å². The molecule has 1 aliphatic heterocycles. The Balaban J connectivity index is 1.65. The van der Waals surface area contributed by atoms with Crippen molar-refractivity contribution in [2.24, 2.45) is 5.92 Å². The molecule has 1 saturated heterocycles. The first kappa shape index (κ1) is 19.4. The van der Waals surface area contributed by atoms with Crippen LogP contribution in [0.2, 0.25) is 0 Å². The normalized spacial score (nSPS) is 18.2. The van der Waals surface area contributed by atoms with Gasteiger partial charge in [0.05, 0.1) is 11.7 Å². The predicted molar refractivity (Wildman–Crippen MR) is 106 cm³/mol. The van der Waals surface area contributed by atoms with Gasteiger partial charge in [-0.2, -0.15) is 8.75 Å². The Kier molecular flexibility index (Phi) is 5.44. The van der Waals surface area contributed by atoms with Crippen LogP contribution in [-0.2, 0) is 20.4 Å². The van der Waals surface area contributed by atoms with Crippen LogP contribution < -0.4 is 4.72 Å². The number of rotatable bonds is 6. The SMILES string of the molecule is O=S(=O)(NC[C@@](O)(c1ccccc1)C1CCOCC1)c1cccc2nsnc12. The molecule has 0 amide bonds. The molecule has 1 aliphatic rings. The molecule has 0 saturated carbocycles. The average molecular weight is 420 g/mol. The van der Waals surface area contributed by atoms with Gasteiger partial charge in [0.25, 0.3) is 0 Å². The van der Waals surface area contributed by atoms with Crippen LogP contribution in [-0.4, -0.2) is 42.0 Å². The first-order valence-electron chi connectivity index (χ1n) is 9.07. The van der Waals surface area contributed by atoms with E-state index < -0.39 is 15.6 Å². The summed E-state index contributed by atoms with van der Waals surface area (Å²) in [6.07, 6.45) is 1.33. The smallest absolute Gasteiger partial charge is 0.242 e. The van der Waals surface area contributed by atoms with Crippen molar-refractivity contribution in [2.75, 3.05) is 19.8 Å². The fraction of sp³-hybridized carbons (Fsp3) is 0.368. The molecular weight excluding hydrogens is 398 g/mol. The molecule has 1 aromatic heterocycles. The van der Waals surface area contributed by atoms with Gasteiger partial charge in [-0.1, -0.05) is 36.4 Å². The summed E-state index contributed by atoms with van der Waals surface area (Å²) in [4.78, 5) is 0.0705. The number of benzene rings is 2. The highest BCUT2D eigenvalue weighted by Gasteiger charge is 2.40. The summed E-state index contributed by atoms with van der Waals surface area (Å²) in [5.74, 6) is -0.108. The quantitative estimate of drug-likeness (QED) is 0.636. The molecule has 0 aliphatic carbocycles. The van der Waals surface area contributed by atoms with E-state index in [1.54, 1.807) is 12.1 Å². The van der Waals surface area contributed by atoms with E-state index in [1.165, 1.54) is 6.07 Å². The van der Waals surface area contributed by atoms with Crippen molar-refractivity contribution in [3.05, 3.63) is 54.1 Å². The van der Waals surface area contributed by atoms with Gasteiger partial charge in [0.2, 0.25) is 10.0 Å². The number of nitrogens with one attached hydrogen (secondary N) is 1. The van der Waals surface area contributed by atoms with Crippen LogP contribution in [0.15, 0.2) is 53.4 Å². The van der Waals surface area contributed by atoms with Crippen molar-refractivity contribution < 1.29 is 18.3 Å². The second kappa shape index (κ2) is 7.84. The summed E-state index contributed by atoms with van der Waals surface area (Å²) in [7, 11) is -3.87.